The third kappa shape index (κ3) is 5.12. The van der Waals surface area contributed by atoms with Crippen LogP contribution < -0.4 is 10.1 Å². The minimum atomic E-state index is -0.203. The maximum Gasteiger partial charge on any atom is 0.255 e. The minimum Gasteiger partial charge on any atom is -0.497 e. The van der Waals surface area contributed by atoms with Crippen LogP contribution in [0.4, 0.5) is 5.69 Å². The summed E-state index contributed by atoms with van der Waals surface area (Å²) in [5.41, 5.74) is 3.62. The van der Waals surface area contributed by atoms with E-state index in [0.717, 1.165) is 16.9 Å². The van der Waals surface area contributed by atoms with E-state index >= 15 is 0 Å². The number of hydrogen-bond acceptors (Lipinski definition) is 3. The van der Waals surface area contributed by atoms with Crippen LogP contribution in [0.3, 0.4) is 0 Å². The summed E-state index contributed by atoms with van der Waals surface area (Å²) in [6, 6.07) is 22.0. The molecule has 2 amide bonds. The molecule has 0 aliphatic carbocycles. The van der Waals surface area contributed by atoms with E-state index in [9.17, 15) is 9.59 Å². The number of amides is 2. The fraction of sp³-hybridized carbons (Fsp3) is 0.231. The molecule has 3 rings (SSSR count). The summed E-state index contributed by atoms with van der Waals surface area (Å²) >= 11 is 0. The maximum absolute atomic E-state index is 13.3. The number of benzene rings is 3. The molecule has 0 fully saturated rings. The Morgan fingerprint density at radius 2 is 1.71 bits per heavy atom. The highest BCUT2D eigenvalue weighted by Gasteiger charge is 2.22. The van der Waals surface area contributed by atoms with Crippen molar-refractivity contribution in [3.63, 3.8) is 0 Å². The monoisotopic (exact) mass is 416 g/mol. The first-order chi connectivity index (χ1) is 14.9. The average molecular weight is 417 g/mol. The molecule has 5 nitrogen and oxygen atoms in total. The number of rotatable bonds is 7. The Bertz CT molecular complexity index is 1060. The molecule has 1 unspecified atom stereocenters. The lowest BCUT2D eigenvalue weighted by molar-refractivity contribution is 0.0702. The first kappa shape index (κ1) is 22.1. The molecule has 5 heteroatoms. The first-order valence-corrected chi connectivity index (χ1v) is 10.4. The van der Waals surface area contributed by atoms with Crippen molar-refractivity contribution in [2.24, 2.45) is 0 Å². The van der Waals surface area contributed by atoms with Crippen LogP contribution in [-0.2, 0) is 0 Å². The SMILES string of the molecule is CCN(C(=O)c1ccc(C)c(NC(=O)c2ccccc2)c1)C(C)c1cccc(OC)c1. The van der Waals surface area contributed by atoms with Crippen LogP contribution in [0.25, 0.3) is 0 Å². The van der Waals surface area contributed by atoms with Gasteiger partial charge in [-0.15, -0.1) is 0 Å². The van der Waals surface area contributed by atoms with Gasteiger partial charge in [0.1, 0.15) is 5.75 Å². The van der Waals surface area contributed by atoms with Gasteiger partial charge in [-0.3, -0.25) is 9.59 Å². The smallest absolute Gasteiger partial charge is 0.255 e. The molecule has 0 saturated carbocycles. The highest BCUT2D eigenvalue weighted by atomic mass is 16.5. The molecule has 1 atom stereocenters. The van der Waals surface area contributed by atoms with Gasteiger partial charge in [0.25, 0.3) is 11.8 Å². The zero-order chi connectivity index (χ0) is 22.4. The van der Waals surface area contributed by atoms with Gasteiger partial charge in [-0.25, -0.2) is 0 Å². The molecule has 0 aliphatic rings. The quantitative estimate of drug-likeness (QED) is 0.555. The Morgan fingerprint density at radius 1 is 0.968 bits per heavy atom. The van der Waals surface area contributed by atoms with Crippen LogP contribution in [0.15, 0.2) is 72.8 Å². The molecule has 3 aromatic rings. The maximum atomic E-state index is 13.3. The molecule has 0 spiro atoms. The van der Waals surface area contributed by atoms with Gasteiger partial charge in [-0.05, 0) is 68.3 Å². The summed E-state index contributed by atoms with van der Waals surface area (Å²) in [7, 11) is 1.63. The predicted molar refractivity (Wildman–Crippen MR) is 124 cm³/mol. The van der Waals surface area contributed by atoms with Gasteiger partial charge in [0.2, 0.25) is 0 Å². The number of hydrogen-bond donors (Lipinski definition) is 1. The van der Waals surface area contributed by atoms with Crippen molar-refractivity contribution >= 4 is 17.5 Å². The first-order valence-electron chi connectivity index (χ1n) is 10.4. The fourth-order valence-electron chi connectivity index (χ4n) is 3.51. The fourth-order valence-corrected chi connectivity index (χ4v) is 3.51. The Labute approximate surface area is 183 Å². The topological polar surface area (TPSA) is 58.6 Å². The lowest BCUT2D eigenvalue weighted by Gasteiger charge is -2.29. The summed E-state index contributed by atoms with van der Waals surface area (Å²) < 4.78 is 5.32. The molecule has 0 bridgehead atoms. The van der Waals surface area contributed by atoms with Crippen LogP contribution in [-0.4, -0.2) is 30.4 Å². The molecule has 0 radical (unpaired) electrons. The number of carbonyl (C=O) groups excluding carboxylic acids is 2. The molecule has 3 aromatic carbocycles. The lowest BCUT2D eigenvalue weighted by Crippen LogP contribution is -2.33. The number of carbonyl (C=O) groups is 2. The second-order valence-electron chi connectivity index (χ2n) is 7.39. The molecule has 0 aromatic heterocycles. The number of ether oxygens (including phenoxy) is 1. The van der Waals surface area contributed by atoms with Crippen molar-refractivity contribution in [3.05, 3.63) is 95.1 Å². The van der Waals surface area contributed by atoms with Crippen LogP contribution in [0.2, 0.25) is 0 Å². The van der Waals surface area contributed by atoms with Crippen LogP contribution in [0.1, 0.15) is 51.7 Å². The van der Waals surface area contributed by atoms with E-state index in [1.165, 1.54) is 0 Å². The second-order valence-corrected chi connectivity index (χ2v) is 7.39. The number of nitrogens with one attached hydrogen (secondary N) is 1. The molecule has 31 heavy (non-hydrogen) atoms. The average Bonchev–Trinajstić information content (AvgIpc) is 2.81. The predicted octanol–water partition coefficient (Wildman–Crippen LogP) is 5.48. The summed E-state index contributed by atoms with van der Waals surface area (Å²) in [5, 5.41) is 2.93. The third-order valence-corrected chi connectivity index (χ3v) is 5.41. The standard InChI is InChI=1S/C26H28N2O3/c1-5-28(19(3)21-12-9-13-23(16-21)31-4)26(30)22-15-14-18(2)24(17-22)27-25(29)20-10-7-6-8-11-20/h6-17,19H,5H2,1-4H3,(H,27,29). The molecule has 0 saturated heterocycles. The van der Waals surface area contributed by atoms with Crippen molar-refractivity contribution in [2.45, 2.75) is 26.8 Å². The number of nitrogens with zero attached hydrogens (tertiary/aromatic N) is 1. The van der Waals surface area contributed by atoms with Crippen LogP contribution in [0.5, 0.6) is 5.75 Å². The Morgan fingerprint density at radius 3 is 2.39 bits per heavy atom. The van der Waals surface area contributed by atoms with Crippen LogP contribution in [0, 0.1) is 6.92 Å². The van der Waals surface area contributed by atoms with Gasteiger partial charge >= 0.3 is 0 Å². The van der Waals surface area contributed by atoms with E-state index in [1.54, 1.807) is 31.4 Å². The van der Waals surface area contributed by atoms with E-state index in [4.69, 9.17) is 4.74 Å². The van der Waals surface area contributed by atoms with Gasteiger partial charge in [0.05, 0.1) is 13.2 Å². The van der Waals surface area contributed by atoms with Crippen molar-refractivity contribution in [3.8, 4) is 5.75 Å². The number of methoxy groups -OCH3 is 1. The number of anilines is 1. The second kappa shape index (κ2) is 9.94. The molecule has 0 heterocycles. The van der Waals surface area contributed by atoms with Gasteiger partial charge < -0.3 is 15.0 Å². The lowest BCUT2D eigenvalue weighted by atomic mass is 10.0. The largest absolute Gasteiger partial charge is 0.497 e. The van der Waals surface area contributed by atoms with Gasteiger partial charge in [-0.1, -0.05) is 36.4 Å². The zero-order valence-electron chi connectivity index (χ0n) is 18.4. The summed E-state index contributed by atoms with van der Waals surface area (Å²) in [5.74, 6) is 0.465. The number of aryl methyl sites for hydroxylation is 1. The van der Waals surface area contributed by atoms with E-state index in [-0.39, 0.29) is 17.9 Å². The van der Waals surface area contributed by atoms with E-state index < -0.39 is 0 Å². The minimum absolute atomic E-state index is 0.0898. The zero-order valence-corrected chi connectivity index (χ0v) is 18.4. The van der Waals surface area contributed by atoms with Gasteiger partial charge in [-0.2, -0.15) is 0 Å². The third-order valence-electron chi connectivity index (χ3n) is 5.41. The van der Waals surface area contributed by atoms with Crippen molar-refractivity contribution in [1.29, 1.82) is 0 Å². The highest BCUT2D eigenvalue weighted by Crippen LogP contribution is 2.26. The molecule has 0 aliphatic heterocycles. The Balaban J connectivity index is 1.84. The van der Waals surface area contributed by atoms with Crippen molar-refractivity contribution < 1.29 is 14.3 Å². The summed E-state index contributed by atoms with van der Waals surface area (Å²) in [4.78, 5) is 27.7. The van der Waals surface area contributed by atoms with E-state index in [1.807, 2.05) is 74.2 Å². The van der Waals surface area contributed by atoms with Crippen molar-refractivity contribution in [2.75, 3.05) is 19.0 Å². The van der Waals surface area contributed by atoms with Gasteiger partial charge in [0.15, 0.2) is 0 Å². The van der Waals surface area contributed by atoms with E-state index in [2.05, 4.69) is 5.32 Å². The van der Waals surface area contributed by atoms with Crippen molar-refractivity contribution in [1.82, 2.24) is 4.90 Å². The normalized spacial score (nSPS) is 11.5. The molecule has 160 valence electrons. The molecular weight excluding hydrogens is 388 g/mol. The Hall–Kier alpha value is -3.60. The molecular formula is C26H28N2O3. The molecule has 1 N–H and O–H groups in total. The van der Waals surface area contributed by atoms with E-state index in [0.29, 0.717) is 23.4 Å². The highest BCUT2D eigenvalue weighted by molar-refractivity contribution is 6.05. The van der Waals surface area contributed by atoms with Crippen LogP contribution >= 0.6 is 0 Å². The summed E-state index contributed by atoms with van der Waals surface area (Å²) in [6.45, 7) is 6.42. The van der Waals surface area contributed by atoms with Gasteiger partial charge in [0, 0.05) is 23.4 Å². The summed E-state index contributed by atoms with van der Waals surface area (Å²) in [6.07, 6.45) is 0. The Kier molecular flexibility index (Phi) is 7.08.